The second-order valence-corrected chi connectivity index (χ2v) is 5.81. The predicted octanol–water partition coefficient (Wildman–Crippen LogP) is 1.86. The first kappa shape index (κ1) is 10.7. The van der Waals surface area contributed by atoms with Crippen molar-refractivity contribution in [3.63, 3.8) is 0 Å². The van der Waals surface area contributed by atoms with E-state index in [0.717, 1.165) is 26.1 Å². The molecule has 0 bridgehead atoms. The maximum atomic E-state index is 5.64. The molecule has 0 spiro atoms. The second-order valence-electron chi connectivity index (χ2n) is 4.73. The average Bonchev–Trinajstić information content (AvgIpc) is 2.90. The number of thiazole rings is 1. The Morgan fingerprint density at radius 3 is 3.00 bits per heavy atom. The predicted molar refractivity (Wildman–Crippen MR) is 64.9 cm³/mol. The minimum atomic E-state index is -0.00669. The van der Waals surface area contributed by atoms with Gasteiger partial charge in [0.1, 0.15) is 5.01 Å². The summed E-state index contributed by atoms with van der Waals surface area (Å²) in [5.41, 5.74) is 1.34. The normalized spacial score (nSPS) is 29.3. The molecular formula is C12H18N2OS. The molecule has 0 amide bonds. The molecule has 16 heavy (non-hydrogen) atoms. The summed E-state index contributed by atoms with van der Waals surface area (Å²) in [5, 5.41) is 4.69. The Labute approximate surface area is 100 Å². The minimum absolute atomic E-state index is 0.00669. The maximum absolute atomic E-state index is 5.64. The molecule has 1 aliphatic carbocycles. The van der Waals surface area contributed by atoms with Gasteiger partial charge in [-0.2, -0.15) is 0 Å². The van der Waals surface area contributed by atoms with Gasteiger partial charge in [0.2, 0.25) is 0 Å². The van der Waals surface area contributed by atoms with Crippen LogP contribution in [0.1, 0.15) is 34.8 Å². The van der Waals surface area contributed by atoms with Gasteiger partial charge in [-0.25, -0.2) is 4.98 Å². The molecule has 3 rings (SSSR count). The molecule has 0 radical (unpaired) electrons. The van der Waals surface area contributed by atoms with E-state index in [0.29, 0.717) is 0 Å². The highest BCUT2D eigenvalue weighted by Gasteiger charge is 2.37. The molecule has 1 aliphatic heterocycles. The molecule has 1 aromatic heterocycles. The van der Waals surface area contributed by atoms with Gasteiger partial charge in [0, 0.05) is 11.5 Å². The van der Waals surface area contributed by atoms with Crippen molar-refractivity contribution in [3.8, 4) is 0 Å². The molecule has 1 atom stereocenters. The number of rotatable bonds is 2. The smallest absolute Gasteiger partial charge is 0.116 e. The zero-order valence-electron chi connectivity index (χ0n) is 9.71. The lowest BCUT2D eigenvalue weighted by Crippen LogP contribution is -2.46. The zero-order chi connectivity index (χ0) is 11.0. The van der Waals surface area contributed by atoms with Crippen LogP contribution < -0.4 is 5.32 Å². The van der Waals surface area contributed by atoms with E-state index >= 15 is 0 Å². The lowest BCUT2D eigenvalue weighted by molar-refractivity contribution is 0.0216. The first-order valence-corrected chi connectivity index (χ1v) is 6.91. The summed E-state index contributed by atoms with van der Waals surface area (Å²) in [6.07, 6.45) is 5.97. The van der Waals surface area contributed by atoms with E-state index in [4.69, 9.17) is 9.72 Å². The maximum Gasteiger partial charge on any atom is 0.116 e. The van der Waals surface area contributed by atoms with Crippen LogP contribution in [-0.4, -0.2) is 25.2 Å². The van der Waals surface area contributed by atoms with Gasteiger partial charge in [-0.1, -0.05) is 0 Å². The minimum Gasteiger partial charge on any atom is -0.379 e. The lowest BCUT2D eigenvalue weighted by atomic mass is 9.93. The van der Waals surface area contributed by atoms with Crippen molar-refractivity contribution in [2.75, 3.05) is 20.3 Å². The van der Waals surface area contributed by atoms with Gasteiger partial charge < -0.3 is 10.1 Å². The number of hydrogen-bond donors (Lipinski definition) is 1. The van der Waals surface area contributed by atoms with Crippen molar-refractivity contribution >= 4 is 11.3 Å². The first-order chi connectivity index (χ1) is 7.84. The Bertz CT molecular complexity index is 361. The molecule has 1 aromatic rings. The molecule has 0 aromatic carbocycles. The molecule has 1 unspecified atom stereocenters. The molecule has 2 aliphatic rings. The quantitative estimate of drug-likeness (QED) is 0.854. The van der Waals surface area contributed by atoms with E-state index in [1.807, 2.05) is 18.4 Å². The molecule has 1 fully saturated rings. The Kier molecular flexibility index (Phi) is 2.73. The molecule has 2 heterocycles. The van der Waals surface area contributed by atoms with Crippen LogP contribution in [0.25, 0.3) is 0 Å². The SMILES string of the molecule is CNC1(c2nc3c(s2)CCC3)CCCOC1. The number of nitrogens with one attached hydrogen (secondary N) is 1. The highest BCUT2D eigenvalue weighted by Crippen LogP contribution is 2.37. The van der Waals surface area contributed by atoms with Crippen molar-refractivity contribution in [2.45, 2.75) is 37.6 Å². The Hall–Kier alpha value is -0.450. The summed E-state index contributed by atoms with van der Waals surface area (Å²) in [5.74, 6) is 0. The van der Waals surface area contributed by atoms with E-state index in [-0.39, 0.29) is 5.54 Å². The van der Waals surface area contributed by atoms with E-state index in [1.165, 1.54) is 34.8 Å². The Morgan fingerprint density at radius 1 is 1.38 bits per heavy atom. The fraction of sp³-hybridized carbons (Fsp3) is 0.750. The van der Waals surface area contributed by atoms with Crippen LogP contribution in [0, 0.1) is 0 Å². The van der Waals surface area contributed by atoms with E-state index in [1.54, 1.807) is 0 Å². The molecule has 4 heteroatoms. The second kappa shape index (κ2) is 4.09. The number of ether oxygens (including phenoxy) is 1. The van der Waals surface area contributed by atoms with Crippen LogP contribution in [0.3, 0.4) is 0 Å². The van der Waals surface area contributed by atoms with Crippen molar-refractivity contribution in [2.24, 2.45) is 0 Å². The van der Waals surface area contributed by atoms with E-state index in [9.17, 15) is 0 Å². The summed E-state index contributed by atoms with van der Waals surface area (Å²) in [7, 11) is 2.03. The molecule has 1 saturated heterocycles. The van der Waals surface area contributed by atoms with Crippen LogP contribution in [0.5, 0.6) is 0 Å². The number of fused-ring (bicyclic) bond motifs is 1. The fourth-order valence-corrected chi connectivity index (χ4v) is 4.02. The summed E-state index contributed by atoms with van der Waals surface area (Å²) in [4.78, 5) is 6.34. The largest absolute Gasteiger partial charge is 0.379 e. The Morgan fingerprint density at radius 2 is 2.31 bits per heavy atom. The highest BCUT2D eigenvalue weighted by molar-refractivity contribution is 7.12. The summed E-state index contributed by atoms with van der Waals surface area (Å²) in [6.45, 7) is 1.67. The van der Waals surface area contributed by atoms with E-state index in [2.05, 4.69) is 5.32 Å². The fourth-order valence-electron chi connectivity index (χ4n) is 2.66. The lowest BCUT2D eigenvalue weighted by Gasteiger charge is -2.35. The van der Waals surface area contributed by atoms with Crippen LogP contribution in [-0.2, 0) is 23.1 Å². The topological polar surface area (TPSA) is 34.2 Å². The standard InChI is InChI=1S/C12H18N2OS/c1-13-12(6-3-7-15-8-12)11-14-9-4-2-5-10(9)16-11/h13H,2-8H2,1H3. The summed E-state index contributed by atoms with van der Waals surface area (Å²) in [6, 6.07) is 0. The summed E-state index contributed by atoms with van der Waals surface area (Å²) >= 11 is 1.90. The summed E-state index contributed by atoms with van der Waals surface area (Å²) < 4.78 is 5.64. The molecule has 1 N–H and O–H groups in total. The van der Waals surface area contributed by atoms with Gasteiger partial charge in [-0.3, -0.25) is 0 Å². The van der Waals surface area contributed by atoms with Gasteiger partial charge >= 0.3 is 0 Å². The number of nitrogens with zero attached hydrogens (tertiary/aromatic N) is 1. The van der Waals surface area contributed by atoms with Gasteiger partial charge in [0.25, 0.3) is 0 Å². The third-order valence-electron chi connectivity index (χ3n) is 3.72. The van der Waals surface area contributed by atoms with Crippen molar-refractivity contribution in [3.05, 3.63) is 15.6 Å². The monoisotopic (exact) mass is 238 g/mol. The average molecular weight is 238 g/mol. The Balaban J connectivity index is 1.93. The van der Waals surface area contributed by atoms with Crippen LogP contribution in [0.2, 0.25) is 0 Å². The number of likely N-dealkylation sites (N-methyl/N-ethyl adjacent to an activating group) is 1. The van der Waals surface area contributed by atoms with E-state index < -0.39 is 0 Å². The molecule has 88 valence electrons. The molecular weight excluding hydrogens is 220 g/mol. The van der Waals surface area contributed by atoms with Gasteiger partial charge in [-0.15, -0.1) is 11.3 Å². The number of hydrogen-bond acceptors (Lipinski definition) is 4. The van der Waals surface area contributed by atoms with Gasteiger partial charge in [0.05, 0.1) is 17.8 Å². The zero-order valence-corrected chi connectivity index (χ0v) is 10.5. The van der Waals surface area contributed by atoms with Gasteiger partial charge in [-0.05, 0) is 39.2 Å². The number of aryl methyl sites for hydroxylation is 2. The van der Waals surface area contributed by atoms with Crippen molar-refractivity contribution in [1.82, 2.24) is 10.3 Å². The van der Waals surface area contributed by atoms with Crippen LogP contribution >= 0.6 is 11.3 Å². The van der Waals surface area contributed by atoms with Crippen LogP contribution in [0.4, 0.5) is 0 Å². The third-order valence-corrected chi connectivity index (χ3v) is 5.09. The first-order valence-electron chi connectivity index (χ1n) is 6.10. The van der Waals surface area contributed by atoms with Crippen molar-refractivity contribution < 1.29 is 4.74 Å². The number of aromatic nitrogens is 1. The third kappa shape index (κ3) is 1.60. The molecule has 0 saturated carbocycles. The highest BCUT2D eigenvalue weighted by atomic mass is 32.1. The molecule has 3 nitrogen and oxygen atoms in total. The van der Waals surface area contributed by atoms with Crippen LogP contribution in [0.15, 0.2) is 0 Å². The van der Waals surface area contributed by atoms with Gasteiger partial charge in [0.15, 0.2) is 0 Å². The van der Waals surface area contributed by atoms with Crippen molar-refractivity contribution in [1.29, 1.82) is 0 Å².